The molecular weight excluding hydrogens is 388 g/mol. The fraction of sp³-hybridized carbons (Fsp3) is 0.478. The molecule has 30 heavy (non-hydrogen) atoms. The Balaban J connectivity index is 0.000000414. The van der Waals surface area contributed by atoms with Crippen LogP contribution in [-0.4, -0.2) is 38.5 Å². The van der Waals surface area contributed by atoms with E-state index in [1.807, 2.05) is 0 Å². The molecule has 0 unspecified atom stereocenters. The van der Waals surface area contributed by atoms with Gasteiger partial charge < -0.3 is 15.3 Å². The van der Waals surface area contributed by atoms with Gasteiger partial charge >= 0.3 is 0 Å². The van der Waals surface area contributed by atoms with E-state index in [0.29, 0.717) is 6.42 Å². The minimum absolute atomic E-state index is 0.0583. The van der Waals surface area contributed by atoms with Crippen LogP contribution < -0.4 is 0 Å². The number of hydrogen-bond donors (Lipinski definition) is 3. The maximum absolute atomic E-state index is 11.7. The number of unbranched alkanes of at least 4 members (excludes halogenated alkanes) is 8. The number of aliphatic hydroxyl groups excluding tert-OH is 3. The van der Waals surface area contributed by atoms with Gasteiger partial charge in [0.25, 0.3) is 0 Å². The molecule has 0 atom stereocenters. The molecule has 7 nitrogen and oxygen atoms in total. The highest BCUT2D eigenvalue weighted by Gasteiger charge is 2.27. The maximum Gasteiger partial charge on any atom is 0.227 e. The first-order valence-corrected chi connectivity index (χ1v) is 10.4. The third kappa shape index (κ3) is 8.59. The van der Waals surface area contributed by atoms with Crippen molar-refractivity contribution in [3.63, 3.8) is 0 Å². The number of carbonyl (C=O) groups is 4. The number of ketones is 4. The van der Waals surface area contributed by atoms with Crippen LogP contribution in [0.2, 0.25) is 0 Å². The Morgan fingerprint density at radius 2 is 1.23 bits per heavy atom. The molecule has 0 aromatic heterocycles. The first-order chi connectivity index (χ1) is 14.3. The third-order valence-corrected chi connectivity index (χ3v) is 4.75. The molecule has 164 valence electrons. The van der Waals surface area contributed by atoms with Gasteiger partial charge in [0.1, 0.15) is 0 Å². The van der Waals surface area contributed by atoms with Crippen LogP contribution in [0.4, 0.5) is 0 Å². The highest BCUT2D eigenvalue weighted by atomic mass is 16.3. The van der Waals surface area contributed by atoms with Crippen molar-refractivity contribution in [2.75, 3.05) is 0 Å². The number of allylic oxidation sites excluding steroid dienone is 5. The molecular formula is C23H30O7. The fourth-order valence-corrected chi connectivity index (χ4v) is 3.01. The van der Waals surface area contributed by atoms with Gasteiger partial charge in [-0.25, -0.2) is 0 Å². The predicted molar refractivity (Wildman–Crippen MR) is 112 cm³/mol. The van der Waals surface area contributed by atoms with Crippen molar-refractivity contribution in [3.8, 4) is 0 Å². The standard InChI is InChI=1S/C17H26O4.C6H4O3/c1-2-3-4-5-6-7-8-9-10-11-13-16(20)14(18)12-15(19)17(13)21;7-4-1-2-5(8)6(9)3-4/h12,18,21H,2-11H2,1H3;1-3,9H. The quantitative estimate of drug-likeness (QED) is 0.353. The monoisotopic (exact) mass is 418 g/mol. The summed E-state index contributed by atoms with van der Waals surface area (Å²) in [5.41, 5.74) is 0.0583. The minimum Gasteiger partial charge on any atom is -0.504 e. The van der Waals surface area contributed by atoms with Gasteiger partial charge in [0, 0.05) is 17.7 Å². The highest BCUT2D eigenvalue weighted by molar-refractivity contribution is 6.20. The molecule has 2 aliphatic carbocycles. The highest BCUT2D eigenvalue weighted by Crippen LogP contribution is 2.22. The summed E-state index contributed by atoms with van der Waals surface area (Å²) in [5, 5.41) is 27.5. The SMILES string of the molecule is CCCCCCCCCCCC1=C(O)C(=O)C=C(O)C1=O.O=C1C=CC(=O)C(O)=C1. The van der Waals surface area contributed by atoms with Gasteiger partial charge in [-0.3, -0.25) is 19.2 Å². The van der Waals surface area contributed by atoms with Crippen molar-refractivity contribution in [2.45, 2.75) is 71.1 Å². The second-order valence-corrected chi connectivity index (χ2v) is 7.26. The van der Waals surface area contributed by atoms with Gasteiger partial charge in [0.15, 0.2) is 23.1 Å². The molecule has 7 heteroatoms. The van der Waals surface area contributed by atoms with Gasteiger partial charge in [0.05, 0.1) is 0 Å². The predicted octanol–water partition coefficient (Wildman–Crippen LogP) is 4.45. The largest absolute Gasteiger partial charge is 0.504 e. The van der Waals surface area contributed by atoms with Gasteiger partial charge in [-0.15, -0.1) is 0 Å². The van der Waals surface area contributed by atoms with Gasteiger partial charge in [-0.2, -0.15) is 0 Å². The average Bonchev–Trinajstić information content (AvgIpc) is 2.71. The van der Waals surface area contributed by atoms with Crippen LogP contribution in [-0.2, 0) is 19.2 Å². The van der Waals surface area contributed by atoms with E-state index >= 15 is 0 Å². The normalized spacial score (nSPS) is 16.3. The van der Waals surface area contributed by atoms with Crippen molar-refractivity contribution >= 4 is 23.1 Å². The van der Waals surface area contributed by atoms with Crippen molar-refractivity contribution < 1.29 is 34.5 Å². The van der Waals surface area contributed by atoms with E-state index in [0.717, 1.165) is 43.6 Å². The molecule has 0 aromatic rings. The van der Waals surface area contributed by atoms with Crippen molar-refractivity contribution in [2.24, 2.45) is 0 Å². The molecule has 0 saturated carbocycles. The van der Waals surface area contributed by atoms with Crippen LogP contribution in [0.25, 0.3) is 0 Å². The topological polar surface area (TPSA) is 129 Å². The molecule has 0 heterocycles. The Morgan fingerprint density at radius 1 is 0.667 bits per heavy atom. The zero-order valence-electron chi connectivity index (χ0n) is 17.4. The summed E-state index contributed by atoms with van der Waals surface area (Å²) in [6, 6.07) is 0. The lowest BCUT2D eigenvalue weighted by Gasteiger charge is -2.12. The van der Waals surface area contributed by atoms with Gasteiger partial charge in [0.2, 0.25) is 17.3 Å². The van der Waals surface area contributed by atoms with Crippen LogP contribution in [0.1, 0.15) is 71.1 Å². The Bertz CT molecular complexity index is 781. The van der Waals surface area contributed by atoms with Crippen LogP contribution in [0, 0.1) is 0 Å². The lowest BCUT2D eigenvalue weighted by molar-refractivity contribution is -0.119. The summed E-state index contributed by atoms with van der Waals surface area (Å²) in [7, 11) is 0. The summed E-state index contributed by atoms with van der Waals surface area (Å²) in [6.07, 6.45) is 14.6. The number of rotatable bonds is 10. The zero-order chi connectivity index (χ0) is 22.5. The average molecular weight is 418 g/mol. The summed E-state index contributed by atoms with van der Waals surface area (Å²) in [4.78, 5) is 43.7. The second-order valence-electron chi connectivity index (χ2n) is 7.26. The van der Waals surface area contributed by atoms with Crippen molar-refractivity contribution in [3.05, 3.63) is 47.2 Å². The summed E-state index contributed by atoms with van der Waals surface area (Å²) in [6.45, 7) is 2.20. The van der Waals surface area contributed by atoms with Gasteiger partial charge in [-0.05, 0) is 25.0 Å². The molecule has 3 N–H and O–H groups in total. The molecule has 0 bridgehead atoms. The zero-order valence-corrected chi connectivity index (χ0v) is 17.4. The minimum atomic E-state index is -0.682. The molecule has 0 radical (unpaired) electrons. The van der Waals surface area contributed by atoms with Crippen LogP contribution >= 0.6 is 0 Å². The number of Topliss-reactive ketones (excluding diaryl/α,β-unsaturated/α-hetero) is 1. The Morgan fingerprint density at radius 3 is 1.77 bits per heavy atom. The lowest BCUT2D eigenvalue weighted by Crippen LogP contribution is -2.19. The summed E-state index contributed by atoms with van der Waals surface area (Å²) in [5.74, 6) is -3.73. The molecule has 2 rings (SSSR count). The second kappa shape index (κ2) is 13.3. The van der Waals surface area contributed by atoms with Crippen LogP contribution in [0.3, 0.4) is 0 Å². The van der Waals surface area contributed by atoms with Crippen molar-refractivity contribution in [1.29, 1.82) is 0 Å². The number of carbonyl (C=O) groups excluding carboxylic acids is 4. The van der Waals surface area contributed by atoms with Crippen LogP contribution in [0.15, 0.2) is 47.2 Å². The molecule has 2 aliphatic rings. The summed E-state index contributed by atoms with van der Waals surface area (Å²) < 4.78 is 0. The molecule has 0 aromatic carbocycles. The van der Waals surface area contributed by atoms with E-state index in [4.69, 9.17) is 5.11 Å². The molecule has 0 amide bonds. The molecule has 0 fully saturated rings. The van der Waals surface area contributed by atoms with Gasteiger partial charge in [-0.1, -0.05) is 58.3 Å². The van der Waals surface area contributed by atoms with Crippen LogP contribution in [0.5, 0.6) is 0 Å². The number of aliphatic hydroxyl groups is 3. The molecule has 0 spiro atoms. The maximum atomic E-state index is 11.7. The van der Waals surface area contributed by atoms with E-state index in [1.54, 1.807) is 0 Å². The molecule has 0 aliphatic heterocycles. The van der Waals surface area contributed by atoms with E-state index in [1.165, 1.54) is 38.5 Å². The Hall–Kier alpha value is -2.96. The molecule has 0 saturated heterocycles. The Labute approximate surface area is 176 Å². The van der Waals surface area contributed by atoms with E-state index < -0.39 is 34.6 Å². The van der Waals surface area contributed by atoms with Crippen molar-refractivity contribution in [1.82, 2.24) is 0 Å². The lowest BCUT2D eigenvalue weighted by atomic mass is 9.94. The Kier molecular flexibility index (Phi) is 11.1. The van der Waals surface area contributed by atoms with E-state index in [9.17, 15) is 29.4 Å². The smallest absolute Gasteiger partial charge is 0.227 e. The first-order valence-electron chi connectivity index (χ1n) is 10.4. The van der Waals surface area contributed by atoms with E-state index in [-0.39, 0.29) is 11.4 Å². The van der Waals surface area contributed by atoms with E-state index in [2.05, 4.69) is 6.92 Å². The fourth-order valence-electron chi connectivity index (χ4n) is 3.01. The summed E-state index contributed by atoms with van der Waals surface area (Å²) >= 11 is 0. The third-order valence-electron chi connectivity index (χ3n) is 4.75. The first kappa shape index (κ1) is 25.1. The number of hydrogen-bond acceptors (Lipinski definition) is 7.